The molecule has 6 unspecified atom stereocenters. The summed E-state index contributed by atoms with van der Waals surface area (Å²) < 4.78 is 28.6. The molecule has 12 nitrogen and oxygen atoms in total. The highest BCUT2D eigenvalue weighted by Gasteiger charge is 2.50. The predicted octanol–water partition coefficient (Wildman–Crippen LogP) is 17.8. The molecule has 3 N–H and O–H groups in total. The van der Waals surface area contributed by atoms with Gasteiger partial charge in [-0.05, 0) is 70.6 Å². The highest BCUT2D eigenvalue weighted by Crippen LogP contribution is 2.27. The Morgan fingerprint density at radius 3 is 1.09 bits per heavy atom. The third-order valence-electron chi connectivity index (χ3n) is 15.5. The van der Waals surface area contributed by atoms with Gasteiger partial charge in [-0.15, -0.1) is 0 Å². The van der Waals surface area contributed by atoms with Gasteiger partial charge < -0.3 is 39.0 Å². The second kappa shape index (κ2) is 55.7. The van der Waals surface area contributed by atoms with Crippen LogP contribution in [0.2, 0.25) is 0 Å². The van der Waals surface area contributed by atoms with E-state index in [0.29, 0.717) is 19.3 Å². The minimum absolute atomic E-state index is 0.0666. The summed E-state index contributed by atoms with van der Waals surface area (Å²) in [7, 11) is 0. The molecular weight excluding hydrogens is 997 g/mol. The normalized spacial score (nSPS) is 17.9. The molecule has 0 bridgehead atoms. The number of rotatable bonds is 58. The molecule has 0 saturated carbocycles. The third kappa shape index (κ3) is 45.4. The zero-order chi connectivity index (χ0) is 57.5. The van der Waals surface area contributed by atoms with Gasteiger partial charge in [0.15, 0.2) is 24.6 Å². The largest absolute Gasteiger partial charge is 0.479 e. The van der Waals surface area contributed by atoms with E-state index >= 15 is 0 Å². The van der Waals surface area contributed by atoms with Crippen LogP contribution < -0.4 is 0 Å². The van der Waals surface area contributed by atoms with Gasteiger partial charge in [-0.1, -0.05) is 263 Å². The fourth-order valence-corrected chi connectivity index (χ4v) is 10.4. The Labute approximate surface area is 483 Å². The van der Waals surface area contributed by atoms with E-state index in [-0.39, 0.29) is 25.9 Å². The van der Waals surface area contributed by atoms with Gasteiger partial charge in [0.05, 0.1) is 6.61 Å². The first-order chi connectivity index (χ1) is 38.6. The van der Waals surface area contributed by atoms with Crippen LogP contribution in [0.5, 0.6) is 0 Å². The van der Waals surface area contributed by atoms with Crippen molar-refractivity contribution in [2.75, 3.05) is 13.2 Å². The van der Waals surface area contributed by atoms with Crippen molar-refractivity contribution in [2.45, 2.75) is 366 Å². The van der Waals surface area contributed by atoms with Crippen LogP contribution in [-0.2, 0) is 42.9 Å². The maximum absolute atomic E-state index is 13.2. The van der Waals surface area contributed by atoms with Gasteiger partial charge in [-0.3, -0.25) is 14.4 Å². The van der Waals surface area contributed by atoms with Gasteiger partial charge in [-0.2, -0.15) is 0 Å². The van der Waals surface area contributed by atoms with Crippen LogP contribution in [0.15, 0.2) is 24.3 Å². The summed E-state index contributed by atoms with van der Waals surface area (Å²) >= 11 is 0. The molecule has 1 aliphatic heterocycles. The van der Waals surface area contributed by atoms with Crippen LogP contribution in [0.1, 0.15) is 329 Å². The molecule has 0 spiro atoms. The van der Waals surface area contributed by atoms with Crippen LogP contribution in [0.3, 0.4) is 0 Å². The lowest BCUT2D eigenvalue weighted by atomic mass is 9.98. The highest BCUT2D eigenvalue weighted by molar-refractivity contribution is 5.74. The number of aliphatic hydroxyl groups excluding tert-OH is 2. The molecule has 79 heavy (non-hydrogen) atoms. The number of hydrogen-bond acceptors (Lipinski definition) is 11. The summed E-state index contributed by atoms with van der Waals surface area (Å²) in [4.78, 5) is 51.3. The molecule has 1 aliphatic rings. The van der Waals surface area contributed by atoms with Gasteiger partial charge in [0, 0.05) is 19.3 Å². The summed E-state index contributed by atoms with van der Waals surface area (Å²) in [5.74, 6) is -3.09. The van der Waals surface area contributed by atoms with Crippen molar-refractivity contribution < 1.29 is 58.2 Å². The number of unbranched alkanes of at least 4 members (excludes halogenated alkanes) is 40. The van der Waals surface area contributed by atoms with Crippen LogP contribution in [-0.4, -0.2) is 89.2 Å². The van der Waals surface area contributed by atoms with Crippen LogP contribution in [0.4, 0.5) is 0 Å². The average molecular weight is 1120 g/mol. The van der Waals surface area contributed by atoms with Crippen LogP contribution in [0.25, 0.3) is 0 Å². The van der Waals surface area contributed by atoms with E-state index in [1.807, 2.05) is 0 Å². The first-order valence-corrected chi connectivity index (χ1v) is 33.3. The smallest absolute Gasteiger partial charge is 0.335 e. The van der Waals surface area contributed by atoms with Crippen molar-refractivity contribution in [1.82, 2.24) is 0 Å². The van der Waals surface area contributed by atoms with Gasteiger partial charge >= 0.3 is 23.9 Å². The molecule has 6 atom stereocenters. The maximum Gasteiger partial charge on any atom is 0.335 e. The Morgan fingerprint density at radius 1 is 0.405 bits per heavy atom. The number of aliphatic carboxylic acids is 1. The number of hydrogen-bond donors (Lipinski definition) is 3. The molecule has 0 aliphatic carbocycles. The lowest BCUT2D eigenvalue weighted by Gasteiger charge is -2.40. The van der Waals surface area contributed by atoms with Crippen LogP contribution >= 0.6 is 0 Å². The van der Waals surface area contributed by atoms with Crippen molar-refractivity contribution in [3.63, 3.8) is 0 Å². The van der Waals surface area contributed by atoms with E-state index in [0.717, 1.165) is 77.0 Å². The van der Waals surface area contributed by atoms with Gasteiger partial charge in [-0.25, -0.2) is 4.79 Å². The molecule has 1 rings (SSSR count). The standard InChI is InChI=1S/C67H122O12/c1-4-7-10-13-16-19-22-25-27-29-30-32-33-36-38-41-44-47-50-53-59(68)75-56-58(77-60(69)54-51-48-45-42-39-35-24-21-18-15-12-9-6-3)57-76-67-65(63(72)62(71)64(79-67)66(73)74)78-61(70)55-52-49-46-43-40-37-34-31-28-26-23-20-17-14-11-8-5-2/h21,24-25,27,58,62-65,67,71-72H,4-20,22-23,26,28-57H2,1-3H3,(H,73,74)/b24-21-,27-25-. The number of carbonyl (C=O) groups is 4. The summed E-state index contributed by atoms with van der Waals surface area (Å²) in [6.45, 7) is 6.02. The summed E-state index contributed by atoms with van der Waals surface area (Å²) in [5.41, 5.74) is 0. The molecule has 1 fully saturated rings. The molecule has 462 valence electrons. The van der Waals surface area contributed by atoms with Gasteiger partial charge in [0.2, 0.25) is 0 Å². The predicted molar refractivity (Wildman–Crippen MR) is 322 cm³/mol. The minimum Gasteiger partial charge on any atom is -0.479 e. The Hall–Kier alpha value is -2.80. The molecule has 0 aromatic heterocycles. The van der Waals surface area contributed by atoms with Gasteiger partial charge in [0.1, 0.15) is 18.8 Å². The second-order valence-electron chi connectivity index (χ2n) is 23.1. The number of esters is 3. The van der Waals surface area contributed by atoms with Crippen molar-refractivity contribution in [2.24, 2.45) is 0 Å². The number of carboxylic acid groups (broad SMARTS) is 1. The van der Waals surface area contributed by atoms with Crippen LogP contribution in [0, 0.1) is 0 Å². The second-order valence-corrected chi connectivity index (χ2v) is 23.1. The molecule has 0 aromatic rings. The Balaban J connectivity index is 2.62. The maximum atomic E-state index is 13.2. The summed E-state index contributed by atoms with van der Waals surface area (Å²) in [6.07, 6.45) is 52.8. The fraction of sp³-hybridized carbons (Fsp3) is 0.881. The Kier molecular flexibility index (Phi) is 52.3. The lowest BCUT2D eigenvalue weighted by Crippen LogP contribution is -2.61. The van der Waals surface area contributed by atoms with Crippen molar-refractivity contribution >= 4 is 23.9 Å². The third-order valence-corrected chi connectivity index (χ3v) is 15.5. The molecule has 1 saturated heterocycles. The topological polar surface area (TPSA) is 175 Å². The number of aliphatic hydroxyl groups is 2. The van der Waals surface area contributed by atoms with E-state index in [1.165, 1.54) is 193 Å². The van der Waals surface area contributed by atoms with E-state index < -0.39 is 67.3 Å². The first kappa shape index (κ1) is 74.2. The quantitative estimate of drug-likeness (QED) is 0.0228. The molecule has 0 amide bonds. The van der Waals surface area contributed by atoms with Crippen molar-refractivity contribution in [1.29, 1.82) is 0 Å². The van der Waals surface area contributed by atoms with Crippen molar-refractivity contribution in [3.8, 4) is 0 Å². The zero-order valence-corrected chi connectivity index (χ0v) is 51.1. The van der Waals surface area contributed by atoms with E-state index in [1.54, 1.807) is 0 Å². The van der Waals surface area contributed by atoms with Gasteiger partial charge in [0.25, 0.3) is 0 Å². The highest BCUT2D eigenvalue weighted by atomic mass is 16.7. The Bertz CT molecular complexity index is 1470. The van der Waals surface area contributed by atoms with E-state index in [2.05, 4.69) is 45.1 Å². The zero-order valence-electron chi connectivity index (χ0n) is 51.1. The van der Waals surface area contributed by atoms with E-state index in [4.69, 9.17) is 23.7 Å². The number of ether oxygens (including phenoxy) is 5. The molecule has 1 heterocycles. The van der Waals surface area contributed by atoms with Crippen molar-refractivity contribution in [3.05, 3.63) is 24.3 Å². The fourth-order valence-electron chi connectivity index (χ4n) is 10.4. The lowest BCUT2D eigenvalue weighted by molar-refractivity contribution is -0.301. The van der Waals surface area contributed by atoms with E-state index in [9.17, 15) is 34.5 Å². The Morgan fingerprint density at radius 2 is 0.722 bits per heavy atom. The number of carbonyl (C=O) groups excluding carboxylic acids is 3. The minimum atomic E-state index is -1.90. The summed E-state index contributed by atoms with van der Waals surface area (Å²) in [6, 6.07) is 0. The first-order valence-electron chi connectivity index (χ1n) is 33.3. The average Bonchev–Trinajstić information content (AvgIpc) is 3.44. The monoisotopic (exact) mass is 1120 g/mol. The molecular formula is C67H122O12. The number of carboxylic acids is 1. The summed E-state index contributed by atoms with van der Waals surface area (Å²) in [5, 5.41) is 31.6. The molecule has 0 radical (unpaired) electrons. The SMILES string of the molecule is CCCCCC/C=C\CCCCCCCC(=O)OC(COC(=O)CCCCCCCCCCC/C=C\CCCCCCCC)COC1OC(C(=O)O)C(O)C(O)C1OC(=O)CCCCCCCCCCCCCCCCCCC. The molecule has 0 aromatic carbocycles. The molecule has 12 heteroatoms. The number of allylic oxidation sites excluding steroid dienone is 4.